The number of hydrogen-bond acceptors (Lipinski definition) is 4. The highest BCUT2D eigenvalue weighted by atomic mass is 79.9. The number of aliphatic hydroxyl groups is 1. The molecule has 1 unspecified atom stereocenters. The molecule has 0 saturated carbocycles. The minimum Gasteiger partial charge on any atom is -0.481 e. The van der Waals surface area contributed by atoms with Crippen molar-refractivity contribution < 1.29 is 15.0 Å². The molecule has 4 nitrogen and oxygen atoms in total. The second-order valence-electron chi connectivity index (χ2n) is 3.77. The molecule has 0 spiro atoms. The highest BCUT2D eigenvalue weighted by molar-refractivity contribution is 9.10. The topological polar surface area (TPSA) is 69.6 Å². The van der Waals surface area contributed by atoms with Crippen LogP contribution in [0.3, 0.4) is 0 Å². The fourth-order valence-corrected chi connectivity index (χ4v) is 2.81. The third-order valence-corrected chi connectivity index (χ3v) is 4.00. The van der Waals surface area contributed by atoms with Crippen LogP contribution in [0.15, 0.2) is 15.9 Å². The van der Waals surface area contributed by atoms with Crippen LogP contribution >= 0.6 is 27.3 Å². The van der Waals surface area contributed by atoms with E-state index in [1.165, 1.54) is 4.88 Å². The van der Waals surface area contributed by atoms with Crippen molar-refractivity contribution in [3.8, 4) is 0 Å². The Kier molecular flexibility index (Phi) is 6.72. The number of thiophene rings is 1. The molecular formula is C11H16BrNO3S. The average molecular weight is 322 g/mol. The summed E-state index contributed by atoms with van der Waals surface area (Å²) >= 11 is 5.09. The zero-order valence-corrected chi connectivity index (χ0v) is 11.8. The SMILES string of the molecule is O=C(O)CCC(O)CNCCc1cc(Br)cs1. The Labute approximate surface area is 113 Å². The van der Waals surface area contributed by atoms with Crippen LogP contribution in [0.5, 0.6) is 0 Å². The minimum atomic E-state index is -0.868. The van der Waals surface area contributed by atoms with Crippen LogP contribution in [0.2, 0.25) is 0 Å². The number of nitrogens with one attached hydrogen (secondary N) is 1. The van der Waals surface area contributed by atoms with Crippen LogP contribution in [0.25, 0.3) is 0 Å². The highest BCUT2D eigenvalue weighted by Crippen LogP contribution is 2.19. The fraction of sp³-hybridized carbons (Fsp3) is 0.545. The van der Waals surface area contributed by atoms with Crippen molar-refractivity contribution in [1.29, 1.82) is 0 Å². The summed E-state index contributed by atoms with van der Waals surface area (Å²) in [5, 5.41) is 23.1. The molecule has 6 heteroatoms. The second-order valence-corrected chi connectivity index (χ2v) is 5.68. The number of aliphatic carboxylic acids is 1. The first-order valence-corrected chi connectivity index (χ1v) is 7.08. The third kappa shape index (κ3) is 6.78. The molecule has 96 valence electrons. The summed E-state index contributed by atoms with van der Waals surface area (Å²) in [6.45, 7) is 1.23. The maximum Gasteiger partial charge on any atom is 0.303 e. The Balaban J connectivity index is 2.05. The van der Waals surface area contributed by atoms with Gasteiger partial charge in [-0.2, -0.15) is 0 Å². The lowest BCUT2D eigenvalue weighted by atomic mass is 10.2. The predicted octanol–water partition coefficient (Wildman–Crippen LogP) is 1.87. The molecule has 3 N–H and O–H groups in total. The van der Waals surface area contributed by atoms with Crippen molar-refractivity contribution in [2.45, 2.75) is 25.4 Å². The van der Waals surface area contributed by atoms with Crippen LogP contribution in [-0.2, 0) is 11.2 Å². The van der Waals surface area contributed by atoms with E-state index in [2.05, 4.69) is 27.3 Å². The van der Waals surface area contributed by atoms with E-state index in [0.29, 0.717) is 13.0 Å². The molecule has 0 fully saturated rings. The van der Waals surface area contributed by atoms with Gasteiger partial charge in [-0.3, -0.25) is 4.79 Å². The van der Waals surface area contributed by atoms with E-state index in [1.54, 1.807) is 11.3 Å². The lowest BCUT2D eigenvalue weighted by Crippen LogP contribution is -2.28. The molecule has 0 bridgehead atoms. The number of hydrogen-bond donors (Lipinski definition) is 3. The first-order valence-electron chi connectivity index (χ1n) is 5.41. The first kappa shape index (κ1) is 14.6. The van der Waals surface area contributed by atoms with Gasteiger partial charge in [0.1, 0.15) is 0 Å². The molecule has 1 aromatic rings. The van der Waals surface area contributed by atoms with Gasteiger partial charge in [-0.25, -0.2) is 0 Å². The van der Waals surface area contributed by atoms with Gasteiger partial charge in [-0.1, -0.05) is 0 Å². The van der Waals surface area contributed by atoms with Gasteiger partial charge in [0.05, 0.1) is 6.10 Å². The summed E-state index contributed by atoms with van der Waals surface area (Å²) < 4.78 is 1.10. The number of carboxylic acid groups (broad SMARTS) is 1. The van der Waals surface area contributed by atoms with E-state index in [0.717, 1.165) is 17.4 Å². The monoisotopic (exact) mass is 321 g/mol. The van der Waals surface area contributed by atoms with Gasteiger partial charge in [-0.05, 0) is 34.8 Å². The molecule has 0 amide bonds. The fourth-order valence-electron chi connectivity index (χ4n) is 1.36. The summed E-state index contributed by atoms with van der Waals surface area (Å²) in [5.41, 5.74) is 0. The maximum absolute atomic E-state index is 10.3. The van der Waals surface area contributed by atoms with Crippen molar-refractivity contribution in [2.24, 2.45) is 0 Å². The van der Waals surface area contributed by atoms with Crippen LogP contribution in [0.1, 0.15) is 17.7 Å². The van der Waals surface area contributed by atoms with Gasteiger partial charge in [-0.15, -0.1) is 11.3 Å². The summed E-state index contributed by atoms with van der Waals surface area (Å²) in [7, 11) is 0. The molecular weight excluding hydrogens is 306 g/mol. The van der Waals surface area contributed by atoms with Gasteiger partial charge in [0.2, 0.25) is 0 Å². The molecule has 1 aromatic heterocycles. The van der Waals surface area contributed by atoms with Gasteiger partial charge in [0.25, 0.3) is 0 Å². The Morgan fingerprint density at radius 2 is 2.35 bits per heavy atom. The predicted molar refractivity (Wildman–Crippen MR) is 71.5 cm³/mol. The quantitative estimate of drug-likeness (QED) is 0.639. The Bertz CT molecular complexity index is 356. The molecule has 1 atom stereocenters. The van der Waals surface area contributed by atoms with E-state index in [9.17, 15) is 9.90 Å². The van der Waals surface area contributed by atoms with Crippen molar-refractivity contribution in [2.75, 3.05) is 13.1 Å². The molecule has 0 aliphatic carbocycles. The van der Waals surface area contributed by atoms with E-state index < -0.39 is 12.1 Å². The molecule has 0 aromatic carbocycles. The third-order valence-electron chi connectivity index (χ3n) is 2.24. The standard InChI is InChI=1S/C11H16BrNO3S/c12-8-5-10(17-7-8)3-4-13-6-9(14)1-2-11(15)16/h5,7,9,13-14H,1-4,6H2,(H,15,16). The lowest BCUT2D eigenvalue weighted by Gasteiger charge is -2.09. The largest absolute Gasteiger partial charge is 0.481 e. The van der Waals surface area contributed by atoms with Crippen LogP contribution in [-0.4, -0.2) is 35.4 Å². The first-order chi connectivity index (χ1) is 8.08. The minimum absolute atomic E-state index is 0.0146. The summed E-state index contributed by atoms with van der Waals surface area (Å²) in [4.78, 5) is 11.6. The van der Waals surface area contributed by atoms with Crippen molar-refractivity contribution >= 4 is 33.2 Å². The van der Waals surface area contributed by atoms with Crippen molar-refractivity contribution in [1.82, 2.24) is 5.32 Å². The number of carboxylic acids is 1. The molecule has 17 heavy (non-hydrogen) atoms. The van der Waals surface area contributed by atoms with Gasteiger partial charge < -0.3 is 15.5 Å². The van der Waals surface area contributed by atoms with E-state index >= 15 is 0 Å². The highest BCUT2D eigenvalue weighted by Gasteiger charge is 2.06. The Morgan fingerprint density at radius 1 is 1.59 bits per heavy atom. The maximum atomic E-state index is 10.3. The van der Waals surface area contributed by atoms with Gasteiger partial charge >= 0.3 is 5.97 Å². The zero-order valence-electron chi connectivity index (χ0n) is 9.36. The van der Waals surface area contributed by atoms with E-state index in [-0.39, 0.29) is 6.42 Å². The van der Waals surface area contributed by atoms with Gasteiger partial charge in [0, 0.05) is 34.2 Å². The number of rotatable bonds is 8. The summed E-state index contributed by atoms with van der Waals surface area (Å²) in [6.07, 6.45) is 0.649. The van der Waals surface area contributed by atoms with Crippen LogP contribution < -0.4 is 5.32 Å². The number of aliphatic hydroxyl groups excluding tert-OH is 1. The Morgan fingerprint density at radius 3 is 2.94 bits per heavy atom. The van der Waals surface area contributed by atoms with Gasteiger partial charge in [0.15, 0.2) is 0 Å². The molecule has 1 heterocycles. The van der Waals surface area contributed by atoms with Crippen molar-refractivity contribution in [3.63, 3.8) is 0 Å². The molecule has 0 aliphatic rings. The molecule has 0 radical (unpaired) electrons. The van der Waals surface area contributed by atoms with Crippen LogP contribution in [0.4, 0.5) is 0 Å². The summed E-state index contributed by atoms with van der Waals surface area (Å²) in [6, 6.07) is 2.08. The second kappa shape index (κ2) is 7.81. The zero-order chi connectivity index (χ0) is 12.7. The number of carbonyl (C=O) groups is 1. The molecule has 0 saturated heterocycles. The van der Waals surface area contributed by atoms with E-state index in [4.69, 9.17) is 5.11 Å². The molecule has 1 rings (SSSR count). The smallest absolute Gasteiger partial charge is 0.303 e. The van der Waals surface area contributed by atoms with E-state index in [1.807, 2.05) is 5.38 Å². The normalized spacial score (nSPS) is 12.6. The molecule has 0 aliphatic heterocycles. The number of halogens is 1. The van der Waals surface area contributed by atoms with Crippen LogP contribution in [0, 0.1) is 0 Å². The Hall–Kier alpha value is -0.430. The van der Waals surface area contributed by atoms with Crippen molar-refractivity contribution in [3.05, 3.63) is 20.8 Å². The average Bonchev–Trinajstić information content (AvgIpc) is 2.68. The lowest BCUT2D eigenvalue weighted by molar-refractivity contribution is -0.137. The summed E-state index contributed by atoms with van der Waals surface area (Å²) in [5.74, 6) is -0.868.